The van der Waals surface area contributed by atoms with Crippen LogP contribution in [0.3, 0.4) is 0 Å². The highest BCUT2D eigenvalue weighted by atomic mass is 19.1. The van der Waals surface area contributed by atoms with Crippen LogP contribution in [0.1, 0.15) is 44.1 Å². The van der Waals surface area contributed by atoms with Crippen LogP contribution in [0.5, 0.6) is 0 Å². The van der Waals surface area contributed by atoms with Gasteiger partial charge in [0.2, 0.25) is 11.9 Å². The number of amides is 1. The molecule has 28 heavy (non-hydrogen) atoms. The minimum Gasteiger partial charge on any atom is -0.355 e. The predicted molar refractivity (Wildman–Crippen MR) is 107 cm³/mol. The Morgan fingerprint density at radius 2 is 1.86 bits per heavy atom. The molecule has 1 saturated carbocycles. The molecule has 1 aromatic heterocycles. The number of nitrogens with one attached hydrogen (secondary N) is 1. The molecule has 0 radical (unpaired) electrons. The molecular weight excluding hydrogens is 355 g/mol. The van der Waals surface area contributed by atoms with E-state index in [4.69, 9.17) is 0 Å². The van der Waals surface area contributed by atoms with E-state index in [0.717, 1.165) is 50.6 Å². The second-order valence-electron chi connectivity index (χ2n) is 8.05. The van der Waals surface area contributed by atoms with Crippen LogP contribution in [0, 0.1) is 11.7 Å². The number of piperidine rings is 1. The summed E-state index contributed by atoms with van der Waals surface area (Å²) in [4.78, 5) is 23.6. The van der Waals surface area contributed by atoms with Crippen LogP contribution in [0.4, 0.5) is 10.3 Å². The SMILES string of the molecule is O=C(NCC1(c2ccc(F)cc2)CCCC1)C1CCCN(c2ncccn2)C1. The van der Waals surface area contributed by atoms with Crippen LogP contribution in [0.25, 0.3) is 0 Å². The van der Waals surface area contributed by atoms with E-state index in [1.807, 2.05) is 12.1 Å². The largest absolute Gasteiger partial charge is 0.355 e. The molecule has 2 heterocycles. The summed E-state index contributed by atoms with van der Waals surface area (Å²) in [5, 5.41) is 3.22. The summed E-state index contributed by atoms with van der Waals surface area (Å²) in [7, 11) is 0. The summed E-state index contributed by atoms with van der Waals surface area (Å²) in [6.07, 6.45) is 9.68. The van der Waals surface area contributed by atoms with Crippen molar-refractivity contribution in [1.29, 1.82) is 0 Å². The van der Waals surface area contributed by atoms with Gasteiger partial charge in [-0.2, -0.15) is 0 Å². The Morgan fingerprint density at radius 1 is 1.14 bits per heavy atom. The lowest BCUT2D eigenvalue weighted by Gasteiger charge is -2.34. The van der Waals surface area contributed by atoms with E-state index in [9.17, 15) is 9.18 Å². The first kappa shape index (κ1) is 18.8. The topological polar surface area (TPSA) is 58.1 Å². The molecule has 2 aliphatic rings. The molecule has 2 aromatic rings. The standard InChI is InChI=1S/C22H27FN4O/c23-19-8-6-18(7-9-19)22(10-1-2-11-22)16-26-20(28)17-5-3-14-27(15-17)21-24-12-4-13-25-21/h4,6-9,12-13,17H,1-3,5,10-11,14-16H2,(H,26,28). The monoisotopic (exact) mass is 382 g/mol. The zero-order valence-corrected chi connectivity index (χ0v) is 16.1. The maximum atomic E-state index is 13.3. The van der Waals surface area contributed by atoms with Gasteiger partial charge in [0.25, 0.3) is 0 Å². The van der Waals surface area contributed by atoms with Gasteiger partial charge in [-0.3, -0.25) is 4.79 Å². The van der Waals surface area contributed by atoms with Gasteiger partial charge in [-0.25, -0.2) is 14.4 Å². The Kier molecular flexibility index (Phi) is 5.55. The third kappa shape index (κ3) is 4.01. The molecule has 6 heteroatoms. The van der Waals surface area contributed by atoms with Crippen LogP contribution in [0.15, 0.2) is 42.7 Å². The Morgan fingerprint density at radius 3 is 2.57 bits per heavy atom. The molecule has 1 aromatic carbocycles. The van der Waals surface area contributed by atoms with Gasteiger partial charge in [-0.15, -0.1) is 0 Å². The van der Waals surface area contributed by atoms with Gasteiger partial charge in [0.05, 0.1) is 5.92 Å². The van der Waals surface area contributed by atoms with Gasteiger partial charge < -0.3 is 10.2 Å². The molecule has 1 atom stereocenters. The Balaban J connectivity index is 1.40. The van der Waals surface area contributed by atoms with Gasteiger partial charge in [0.1, 0.15) is 5.82 Å². The molecular formula is C22H27FN4O. The third-order valence-corrected chi connectivity index (χ3v) is 6.25. The Bertz CT molecular complexity index is 790. The van der Waals surface area contributed by atoms with E-state index in [2.05, 4.69) is 20.2 Å². The number of carbonyl (C=O) groups excluding carboxylic acids is 1. The summed E-state index contributed by atoms with van der Waals surface area (Å²) in [5.41, 5.74) is 1.06. The van der Waals surface area contributed by atoms with Crippen molar-refractivity contribution in [3.63, 3.8) is 0 Å². The Hall–Kier alpha value is -2.50. The number of hydrogen-bond donors (Lipinski definition) is 1. The minimum atomic E-state index is -0.216. The lowest BCUT2D eigenvalue weighted by atomic mass is 9.78. The van der Waals surface area contributed by atoms with Crippen molar-refractivity contribution in [2.24, 2.45) is 5.92 Å². The Labute approximate surface area is 165 Å². The molecule has 4 rings (SSSR count). The van der Waals surface area contributed by atoms with Crippen molar-refractivity contribution in [2.45, 2.75) is 43.9 Å². The number of halogens is 1. The smallest absolute Gasteiger partial charge is 0.225 e. The lowest BCUT2D eigenvalue weighted by Crippen LogP contribution is -2.47. The van der Waals surface area contributed by atoms with Crippen LogP contribution in [-0.4, -0.2) is 35.5 Å². The lowest BCUT2D eigenvalue weighted by molar-refractivity contribution is -0.125. The molecule has 0 bridgehead atoms. The zero-order valence-electron chi connectivity index (χ0n) is 16.1. The number of benzene rings is 1. The molecule has 1 aliphatic carbocycles. The third-order valence-electron chi connectivity index (χ3n) is 6.25. The van der Waals surface area contributed by atoms with Crippen LogP contribution >= 0.6 is 0 Å². The first-order chi connectivity index (χ1) is 13.7. The van der Waals surface area contributed by atoms with E-state index in [1.54, 1.807) is 18.5 Å². The van der Waals surface area contributed by atoms with Gasteiger partial charge in [0.15, 0.2) is 0 Å². The van der Waals surface area contributed by atoms with E-state index in [0.29, 0.717) is 19.0 Å². The maximum Gasteiger partial charge on any atom is 0.225 e. The molecule has 5 nitrogen and oxygen atoms in total. The van der Waals surface area contributed by atoms with Crippen LogP contribution in [-0.2, 0) is 10.2 Å². The summed E-state index contributed by atoms with van der Waals surface area (Å²) in [6, 6.07) is 8.60. The average Bonchev–Trinajstić information content (AvgIpc) is 3.23. The average molecular weight is 382 g/mol. The predicted octanol–water partition coefficient (Wildman–Crippen LogP) is 3.46. The van der Waals surface area contributed by atoms with E-state index in [-0.39, 0.29) is 23.1 Å². The molecule has 1 saturated heterocycles. The van der Waals surface area contributed by atoms with Gasteiger partial charge in [-0.1, -0.05) is 25.0 Å². The number of nitrogens with zero attached hydrogens (tertiary/aromatic N) is 3. The van der Waals surface area contributed by atoms with Crippen molar-refractivity contribution >= 4 is 11.9 Å². The molecule has 1 unspecified atom stereocenters. The fourth-order valence-corrected chi connectivity index (χ4v) is 4.65. The van der Waals surface area contributed by atoms with Gasteiger partial charge >= 0.3 is 0 Å². The maximum absolute atomic E-state index is 13.3. The number of carbonyl (C=O) groups is 1. The zero-order chi connectivity index (χ0) is 19.4. The van der Waals surface area contributed by atoms with Crippen molar-refractivity contribution < 1.29 is 9.18 Å². The number of hydrogen-bond acceptors (Lipinski definition) is 4. The number of anilines is 1. The van der Waals surface area contributed by atoms with Crippen LogP contribution in [0.2, 0.25) is 0 Å². The molecule has 1 amide bonds. The second-order valence-corrected chi connectivity index (χ2v) is 8.05. The summed E-state index contributed by atoms with van der Waals surface area (Å²) < 4.78 is 13.3. The fraction of sp³-hybridized carbons (Fsp3) is 0.500. The molecule has 1 aliphatic heterocycles. The molecule has 148 valence electrons. The number of aromatic nitrogens is 2. The highest BCUT2D eigenvalue weighted by Gasteiger charge is 2.37. The summed E-state index contributed by atoms with van der Waals surface area (Å²) >= 11 is 0. The summed E-state index contributed by atoms with van der Waals surface area (Å²) in [5.74, 6) is 0.531. The van der Waals surface area contributed by atoms with E-state index in [1.165, 1.54) is 12.1 Å². The molecule has 1 N–H and O–H groups in total. The molecule has 0 spiro atoms. The van der Waals surface area contributed by atoms with Crippen molar-refractivity contribution in [3.05, 3.63) is 54.1 Å². The van der Waals surface area contributed by atoms with Gasteiger partial charge in [-0.05, 0) is 49.4 Å². The van der Waals surface area contributed by atoms with E-state index < -0.39 is 0 Å². The normalized spacial score (nSPS) is 21.5. The van der Waals surface area contributed by atoms with Crippen LogP contribution < -0.4 is 10.2 Å². The first-order valence-electron chi connectivity index (χ1n) is 10.2. The highest BCUT2D eigenvalue weighted by molar-refractivity contribution is 5.79. The minimum absolute atomic E-state index is 0.0516. The van der Waals surface area contributed by atoms with Gasteiger partial charge in [0, 0.05) is 37.4 Å². The van der Waals surface area contributed by atoms with Crippen molar-refractivity contribution in [3.8, 4) is 0 Å². The summed E-state index contributed by atoms with van der Waals surface area (Å²) in [6.45, 7) is 2.16. The van der Waals surface area contributed by atoms with E-state index >= 15 is 0 Å². The fourth-order valence-electron chi connectivity index (χ4n) is 4.65. The van der Waals surface area contributed by atoms with Crippen molar-refractivity contribution in [1.82, 2.24) is 15.3 Å². The second kappa shape index (κ2) is 8.25. The first-order valence-corrected chi connectivity index (χ1v) is 10.2. The van der Waals surface area contributed by atoms with Crippen molar-refractivity contribution in [2.75, 3.05) is 24.5 Å². The molecule has 2 fully saturated rings. The quantitative estimate of drug-likeness (QED) is 0.860. The highest BCUT2D eigenvalue weighted by Crippen LogP contribution is 2.40. The number of rotatable bonds is 5.